The summed E-state index contributed by atoms with van der Waals surface area (Å²) in [6.07, 6.45) is 1.96. The van der Waals surface area contributed by atoms with E-state index in [0.717, 1.165) is 22.5 Å². The molecule has 0 saturated carbocycles. The van der Waals surface area contributed by atoms with Crippen molar-refractivity contribution in [3.8, 4) is 16.9 Å². The number of carbonyl (C=O) groups excluding carboxylic acids is 1. The maximum atomic E-state index is 12.4. The topological polar surface area (TPSA) is 72.9 Å². The molecule has 28 heavy (non-hydrogen) atoms. The third-order valence-electron chi connectivity index (χ3n) is 4.53. The zero-order chi connectivity index (χ0) is 19.4. The maximum absolute atomic E-state index is 12.4. The summed E-state index contributed by atoms with van der Waals surface area (Å²) in [7, 11) is 0. The average Bonchev–Trinajstić information content (AvgIpc) is 3.10. The summed E-state index contributed by atoms with van der Waals surface area (Å²) in [5.41, 5.74) is 9.56. The van der Waals surface area contributed by atoms with Crippen LogP contribution in [0.2, 0.25) is 0 Å². The molecule has 1 heterocycles. The Bertz CT molecular complexity index is 901. The van der Waals surface area contributed by atoms with Crippen molar-refractivity contribution >= 4 is 18.3 Å². The molecule has 0 aliphatic carbocycles. The van der Waals surface area contributed by atoms with Crippen LogP contribution in [0.3, 0.4) is 0 Å². The Morgan fingerprint density at radius 1 is 1.07 bits per heavy atom. The van der Waals surface area contributed by atoms with Crippen molar-refractivity contribution < 1.29 is 4.79 Å². The van der Waals surface area contributed by atoms with E-state index in [1.807, 2.05) is 92.3 Å². The first-order valence-electron chi connectivity index (χ1n) is 9.09. The molecule has 3 N–H and O–H groups in total. The van der Waals surface area contributed by atoms with Gasteiger partial charge in [0, 0.05) is 23.9 Å². The van der Waals surface area contributed by atoms with E-state index in [1.165, 1.54) is 0 Å². The van der Waals surface area contributed by atoms with E-state index in [-0.39, 0.29) is 23.7 Å². The molecule has 1 aromatic heterocycles. The van der Waals surface area contributed by atoms with Gasteiger partial charge in [0.05, 0.1) is 17.4 Å². The first kappa shape index (κ1) is 21.7. The van der Waals surface area contributed by atoms with Gasteiger partial charge in [0.2, 0.25) is 5.91 Å². The molecule has 0 unspecified atom stereocenters. The van der Waals surface area contributed by atoms with Crippen LogP contribution in [0.5, 0.6) is 0 Å². The second-order valence-corrected chi connectivity index (χ2v) is 7.71. The normalized spacial score (nSPS) is 12.1. The summed E-state index contributed by atoms with van der Waals surface area (Å²) in [5, 5.41) is 7.72. The number of hydrogen-bond donors (Lipinski definition) is 2. The lowest BCUT2D eigenvalue weighted by Crippen LogP contribution is -2.48. The Morgan fingerprint density at radius 3 is 2.21 bits per heavy atom. The van der Waals surface area contributed by atoms with Gasteiger partial charge in [-0.1, -0.05) is 69.3 Å². The van der Waals surface area contributed by atoms with E-state index >= 15 is 0 Å². The number of nitrogens with zero attached hydrogens (tertiary/aromatic N) is 2. The molecule has 0 aliphatic rings. The highest BCUT2D eigenvalue weighted by molar-refractivity contribution is 5.85. The number of aromatic nitrogens is 2. The van der Waals surface area contributed by atoms with Gasteiger partial charge in [-0.05, 0) is 17.5 Å². The van der Waals surface area contributed by atoms with E-state index in [0.29, 0.717) is 6.54 Å². The molecule has 0 spiro atoms. The van der Waals surface area contributed by atoms with E-state index in [4.69, 9.17) is 10.8 Å². The highest BCUT2D eigenvalue weighted by atomic mass is 35.5. The molecule has 6 heteroatoms. The van der Waals surface area contributed by atoms with Gasteiger partial charge in [-0.3, -0.25) is 4.79 Å². The summed E-state index contributed by atoms with van der Waals surface area (Å²) in [6, 6.07) is 19.3. The number of para-hydroxylation sites is 1. The molecule has 0 radical (unpaired) electrons. The smallest absolute Gasteiger partial charge is 0.237 e. The fourth-order valence-electron chi connectivity index (χ4n) is 2.78. The molecule has 2 aromatic carbocycles. The van der Waals surface area contributed by atoms with Gasteiger partial charge in [0.25, 0.3) is 0 Å². The van der Waals surface area contributed by atoms with Crippen molar-refractivity contribution in [2.75, 3.05) is 0 Å². The lowest BCUT2D eigenvalue weighted by atomic mass is 9.87. The van der Waals surface area contributed by atoms with Crippen LogP contribution in [0.1, 0.15) is 26.3 Å². The van der Waals surface area contributed by atoms with Gasteiger partial charge in [0.15, 0.2) is 0 Å². The summed E-state index contributed by atoms with van der Waals surface area (Å²) in [6.45, 7) is 6.25. The number of nitrogens with two attached hydrogens (primary N) is 1. The van der Waals surface area contributed by atoms with Crippen LogP contribution in [-0.4, -0.2) is 21.7 Å². The summed E-state index contributed by atoms with van der Waals surface area (Å²) in [4.78, 5) is 12.4. The van der Waals surface area contributed by atoms with Gasteiger partial charge >= 0.3 is 0 Å². The summed E-state index contributed by atoms with van der Waals surface area (Å²) < 4.78 is 1.84. The third-order valence-corrected chi connectivity index (χ3v) is 4.53. The Labute approximate surface area is 172 Å². The molecule has 3 rings (SSSR count). The lowest BCUT2D eigenvalue weighted by Gasteiger charge is -2.25. The quantitative estimate of drug-likeness (QED) is 0.683. The van der Waals surface area contributed by atoms with Crippen LogP contribution in [0, 0.1) is 5.41 Å². The van der Waals surface area contributed by atoms with E-state index in [1.54, 1.807) is 0 Å². The molecule has 3 aromatic rings. The van der Waals surface area contributed by atoms with E-state index in [2.05, 4.69) is 5.32 Å². The zero-order valence-electron chi connectivity index (χ0n) is 16.4. The predicted octanol–water partition coefficient (Wildman–Crippen LogP) is 3.95. The minimum absolute atomic E-state index is 0. The molecule has 1 amide bonds. The average molecular weight is 399 g/mol. The monoisotopic (exact) mass is 398 g/mol. The number of hydrogen-bond acceptors (Lipinski definition) is 3. The van der Waals surface area contributed by atoms with E-state index < -0.39 is 6.04 Å². The third kappa shape index (κ3) is 5.00. The van der Waals surface area contributed by atoms with Crippen LogP contribution in [0.4, 0.5) is 0 Å². The van der Waals surface area contributed by atoms with Crippen LogP contribution >= 0.6 is 12.4 Å². The zero-order valence-corrected chi connectivity index (χ0v) is 17.2. The molecule has 5 nitrogen and oxygen atoms in total. The van der Waals surface area contributed by atoms with Crippen molar-refractivity contribution in [3.05, 3.63) is 72.4 Å². The van der Waals surface area contributed by atoms with Crippen molar-refractivity contribution in [2.24, 2.45) is 11.1 Å². The molecule has 1 atom stereocenters. The fourth-order valence-corrected chi connectivity index (χ4v) is 2.78. The fraction of sp³-hybridized carbons (Fsp3) is 0.273. The Morgan fingerprint density at radius 2 is 1.64 bits per heavy atom. The van der Waals surface area contributed by atoms with Crippen LogP contribution in [0.15, 0.2) is 66.9 Å². The van der Waals surface area contributed by atoms with Gasteiger partial charge in [0.1, 0.15) is 0 Å². The minimum Gasteiger partial charge on any atom is -0.351 e. The van der Waals surface area contributed by atoms with Crippen molar-refractivity contribution in [1.29, 1.82) is 0 Å². The Hall–Kier alpha value is -2.63. The molecular formula is C22H27ClN4O. The van der Waals surface area contributed by atoms with Crippen molar-refractivity contribution in [3.63, 3.8) is 0 Å². The second-order valence-electron chi connectivity index (χ2n) is 7.71. The molecule has 0 bridgehead atoms. The number of rotatable bonds is 5. The standard InChI is InChI=1S/C22H26N4O.ClH/c1-22(2,3)20(23)21(27)24-14-17-15-26(18-12-8-5-9-13-18)25-19(17)16-10-6-4-7-11-16;/h4-13,15,20H,14,23H2,1-3H3,(H,24,27);1H/t20-;/m1./s1. The van der Waals surface area contributed by atoms with Gasteiger partial charge < -0.3 is 11.1 Å². The van der Waals surface area contributed by atoms with Gasteiger partial charge in [-0.15, -0.1) is 12.4 Å². The number of nitrogens with one attached hydrogen (secondary N) is 1. The van der Waals surface area contributed by atoms with Gasteiger partial charge in [-0.25, -0.2) is 4.68 Å². The van der Waals surface area contributed by atoms with Gasteiger partial charge in [-0.2, -0.15) is 5.10 Å². The lowest BCUT2D eigenvalue weighted by molar-refractivity contribution is -0.124. The molecule has 0 fully saturated rings. The van der Waals surface area contributed by atoms with Crippen molar-refractivity contribution in [2.45, 2.75) is 33.4 Å². The highest BCUT2D eigenvalue weighted by Crippen LogP contribution is 2.24. The first-order valence-corrected chi connectivity index (χ1v) is 9.09. The largest absolute Gasteiger partial charge is 0.351 e. The molecular weight excluding hydrogens is 372 g/mol. The maximum Gasteiger partial charge on any atom is 0.237 e. The first-order chi connectivity index (χ1) is 12.9. The van der Waals surface area contributed by atoms with Crippen LogP contribution in [-0.2, 0) is 11.3 Å². The molecule has 148 valence electrons. The molecule has 0 aliphatic heterocycles. The number of benzene rings is 2. The number of halogens is 1. The highest BCUT2D eigenvalue weighted by Gasteiger charge is 2.27. The number of amides is 1. The van der Waals surface area contributed by atoms with Crippen LogP contribution in [0.25, 0.3) is 16.9 Å². The van der Waals surface area contributed by atoms with Crippen molar-refractivity contribution in [1.82, 2.24) is 15.1 Å². The minimum atomic E-state index is -0.568. The summed E-state index contributed by atoms with van der Waals surface area (Å²) >= 11 is 0. The summed E-state index contributed by atoms with van der Waals surface area (Å²) in [5.74, 6) is -0.158. The number of carbonyl (C=O) groups is 1. The predicted molar refractivity (Wildman–Crippen MR) is 116 cm³/mol. The SMILES string of the molecule is CC(C)(C)[C@H](N)C(=O)NCc1cn(-c2ccccc2)nc1-c1ccccc1.Cl. The second kappa shape index (κ2) is 9.04. The van der Waals surface area contributed by atoms with E-state index in [9.17, 15) is 4.79 Å². The Kier molecular flexibility index (Phi) is 7.00. The Balaban J connectivity index is 0.00000280. The molecule has 0 saturated heterocycles. The van der Waals surface area contributed by atoms with Crippen LogP contribution < -0.4 is 11.1 Å².